The number of hydrogen-bond acceptors (Lipinski definition) is 4. The minimum atomic E-state index is 0.273. The Morgan fingerprint density at radius 3 is 2.93 bits per heavy atom. The fourth-order valence-electron chi connectivity index (χ4n) is 2.05. The van der Waals surface area contributed by atoms with E-state index in [4.69, 9.17) is 0 Å². The van der Waals surface area contributed by atoms with Crippen molar-refractivity contribution < 1.29 is 5.11 Å². The van der Waals surface area contributed by atoms with Gasteiger partial charge in [-0.15, -0.1) is 0 Å². The quantitative estimate of drug-likeness (QED) is 0.654. The van der Waals surface area contributed by atoms with Crippen molar-refractivity contribution in [3.63, 3.8) is 0 Å². The number of nitrogens with one attached hydrogen (secondary N) is 1. The van der Waals surface area contributed by atoms with Crippen LogP contribution in [0.25, 0.3) is 0 Å². The molecular weight excluding hydrogens is 190 g/mol. The summed E-state index contributed by atoms with van der Waals surface area (Å²) in [5, 5.41) is 12.7. The Kier molecular flexibility index (Phi) is 6.17. The van der Waals surface area contributed by atoms with Crippen molar-refractivity contribution in [1.82, 2.24) is 15.1 Å². The van der Waals surface area contributed by atoms with Crippen LogP contribution in [0.5, 0.6) is 0 Å². The SMILES string of the molecule is CN(C)CCCN1CCCNCC1CO. The lowest BCUT2D eigenvalue weighted by molar-refractivity contribution is 0.128. The summed E-state index contributed by atoms with van der Waals surface area (Å²) in [7, 11) is 4.21. The number of nitrogens with zero attached hydrogens (tertiary/aromatic N) is 2. The van der Waals surface area contributed by atoms with Gasteiger partial charge in [-0.3, -0.25) is 4.90 Å². The molecule has 1 rings (SSSR count). The minimum absolute atomic E-state index is 0.273. The van der Waals surface area contributed by atoms with Crippen molar-refractivity contribution >= 4 is 0 Å². The average Bonchev–Trinajstić information content (AvgIpc) is 2.42. The van der Waals surface area contributed by atoms with E-state index in [2.05, 4.69) is 29.2 Å². The van der Waals surface area contributed by atoms with Gasteiger partial charge in [-0.05, 0) is 53.1 Å². The highest BCUT2D eigenvalue weighted by Crippen LogP contribution is 2.04. The van der Waals surface area contributed by atoms with E-state index in [1.807, 2.05) is 0 Å². The molecule has 1 saturated heterocycles. The van der Waals surface area contributed by atoms with Gasteiger partial charge in [0, 0.05) is 12.6 Å². The van der Waals surface area contributed by atoms with Gasteiger partial charge in [-0.2, -0.15) is 0 Å². The Balaban J connectivity index is 2.28. The molecule has 4 nitrogen and oxygen atoms in total. The van der Waals surface area contributed by atoms with Gasteiger partial charge in [0.2, 0.25) is 0 Å². The fraction of sp³-hybridized carbons (Fsp3) is 1.00. The molecular formula is C11H25N3O. The van der Waals surface area contributed by atoms with E-state index in [-0.39, 0.29) is 6.61 Å². The maximum Gasteiger partial charge on any atom is 0.0599 e. The van der Waals surface area contributed by atoms with Crippen molar-refractivity contribution in [2.75, 3.05) is 53.4 Å². The Morgan fingerprint density at radius 1 is 1.47 bits per heavy atom. The molecule has 1 atom stereocenters. The zero-order chi connectivity index (χ0) is 11.1. The summed E-state index contributed by atoms with van der Waals surface area (Å²) >= 11 is 0. The third-order valence-electron chi connectivity index (χ3n) is 2.96. The van der Waals surface area contributed by atoms with Crippen LogP contribution in [-0.2, 0) is 0 Å². The largest absolute Gasteiger partial charge is 0.395 e. The third-order valence-corrected chi connectivity index (χ3v) is 2.96. The normalized spacial score (nSPS) is 24.4. The molecule has 1 unspecified atom stereocenters. The predicted molar refractivity (Wildman–Crippen MR) is 63.1 cm³/mol. The van der Waals surface area contributed by atoms with E-state index in [9.17, 15) is 5.11 Å². The lowest BCUT2D eigenvalue weighted by Crippen LogP contribution is -2.43. The maximum absolute atomic E-state index is 9.30. The lowest BCUT2D eigenvalue weighted by atomic mass is 10.2. The molecule has 0 bridgehead atoms. The zero-order valence-corrected chi connectivity index (χ0v) is 10.1. The number of aliphatic hydroxyl groups is 1. The summed E-state index contributed by atoms with van der Waals surface area (Å²) in [5.41, 5.74) is 0. The first-order valence-corrected chi connectivity index (χ1v) is 5.94. The fourth-order valence-corrected chi connectivity index (χ4v) is 2.05. The molecule has 1 aliphatic rings. The molecule has 1 heterocycles. The molecule has 0 amide bonds. The van der Waals surface area contributed by atoms with Gasteiger partial charge in [-0.25, -0.2) is 0 Å². The molecule has 0 saturated carbocycles. The summed E-state index contributed by atoms with van der Waals surface area (Å²) in [5.74, 6) is 0. The molecule has 1 aliphatic heterocycles. The lowest BCUT2D eigenvalue weighted by Gasteiger charge is -2.28. The van der Waals surface area contributed by atoms with Gasteiger partial charge in [0.05, 0.1) is 6.61 Å². The zero-order valence-electron chi connectivity index (χ0n) is 10.1. The summed E-state index contributed by atoms with van der Waals surface area (Å²) in [6.45, 7) is 5.63. The van der Waals surface area contributed by atoms with Crippen LogP contribution in [0.1, 0.15) is 12.8 Å². The molecule has 0 aromatic carbocycles. The van der Waals surface area contributed by atoms with Crippen molar-refractivity contribution in [3.8, 4) is 0 Å². The van der Waals surface area contributed by atoms with E-state index >= 15 is 0 Å². The van der Waals surface area contributed by atoms with Gasteiger partial charge in [0.15, 0.2) is 0 Å². The van der Waals surface area contributed by atoms with E-state index in [0.29, 0.717) is 6.04 Å². The number of rotatable bonds is 5. The third kappa shape index (κ3) is 4.93. The predicted octanol–water partition coefficient (Wildman–Crippen LogP) is -0.406. The Labute approximate surface area is 93.2 Å². The highest BCUT2D eigenvalue weighted by molar-refractivity contribution is 4.77. The minimum Gasteiger partial charge on any atom is -0.395 e. The summed E-state index contributed by atoms with van der Waals surface area (Å²) in [4.78, 5) is 4.63. The molecule has 90 valence electrons. The molecule has 15 heavy (non-hydrogen) atoms. The second kappa shape index (κ2) is 7.17. The van der Waals surface area contributed by atoms with Crippen LogP contribution in [0.2, 0.25) is 0 Å². The van der Waals surface area contributed by atoms with Crippen LogP contribution in [0.4, 0.5) is 0 Å². The van der Waals surface area contributed by atoms with Crippen LogP contribution in [0.3, 0.4) is 0 Å². The molecule has 0 aliphatic carbocycles. The highest BCUT2D eigenvalue weighted by Gasteiger charge is 2.19. The van der Waals surface area contributed by atoms with E-state index < -0.39 is 0 Å². The summed E-state index contributed by atoms with van der Waals surface area (Å²) in [6, 6.07) is 0.315. The Morgan fingerprint density at radius 2 is 2.27 bits per heavy atom. The van der Waals surface area contributed by atoms with Gasteiger partial charge in [0.25, 0.3) is 0 Å². The topological polar surface area (TPSA) is 38.7 Å². The second-order valence-electron chi connectivity index (χ2n) is 4.59. The smallest absolute Gasteiger partial charge is 0.0599 e. The van der Waals surface area contributed by atoms with E-state index in [1.165, 1.54) is 12.8 Å². The first-order chi connectivity index (χ1) is 7.24. The Hall–Kier alpha value is -0.160. The van der Waals surface area contributed by atoms with Crippen LogP contribution in [0.15, 0.2) is 0 Å². The Bertz CT molecular complexity index is 164. The molecule has 4 heteroatoms. The van der Waals surface area contributed by atoms with Crippen molar-refractivity contribution in [3.05, 3.63) is 0 Å². The number of hydrogen-bond donors (Lipinski definition) is 2. The standard InChI is InChI=1S/C11H25N3O/c1-13(2)6-4-8-14-7-3-5-12-9-11(14)10-15/h11-12,15H,3-10H2,1-2H3. The van der Waals surface area contributed by atoms with E-state index in [1.54, 1.807) is 0 Å². The van der Waals surface area contributed by atoms with Crippen LogP contribution in [0, 0.1) is 0 Å². The molecule has 0 aromatic heterocycles. The van der Waals surface area contributed by atoms with Gasteiger partial charge in [-0.1, -0.05) is 0 Å². The van der Waals surface area contributed by atoms with Crippen molar-refractivity contribution in [2.45, 2.75) is 18.9 Å². The molecule has 0 aromatic rings. The van der Waals surface area contributed by atoms with Gasteiger partial charge in [0.1, 0.15) is 0 Å². The first kappa shape index (κ1) is 12.9. The number of aliphatic hydroxyl groups excluding tert-OH is 1. The first-order valence-electron chi connectivity index (χ1n) is 5.94. The molecule has 2 N–H and O–H groups in total. The van der Waals surface area contributed by atoms with Gasteiger partial charge < -0.3 is 15.3 Å². The van der Waals surface area contributed by atoms with Crippen LogP contribution >= 0.6 is 0 Å². The van der Waals surface area contributed by atoms with Gasteiger partial charge >= 0.3 is 0 Å². The van der Waals surface area contributed by atoms with Crippen LogP contribution < -0.4 is 5.32 Å². The highest BCUT2D eigenvalue weighted by atomic mass is 16.3. The van der Waals surface area contributed by atoms with Crippen molar-refractivity contribution in [2.24, 2.45) is 0 Å². The second-order valence-corrected chi connectivity index (χ2v) is 4.59. The molecule has 1 fully saturated rings. The maximum atomic E-state index is 9.30. The summed E-state index contributed by atoms with van der Waals surface area (Å²) in [6.07, 6.45) is 2.38. The monoisotopic (exact) mass is 215 g/mol. The van der Waals surface area contributed by atoms with Crippen LogP contribution in [-0.4, -0.2) is 74.4 Å². The average molecular weight is 215 g/mol. The molecule has 0 radical (unpaired) electrons. The van der Waals surface area contributed by atoms with Crippen molar-refractivity contribution in [1.29, 1.82) is 0 Å². The molecule has 0 spiro atoms. The summed E-state index contributed by atoms with van der Waals surface area (Å²) < 4.78 is 0. The van der Waals surface area contributed by atoms with E-state index in [0.717, 1.165) is 32.7 Å².